The van der Waals surface area contributed by atoms with Crippen molar-refractivity contribution < 1.29 is 8.78 Å². The topological polar surface area (TPSA) is 0 Å². The molecule has 0 fully saturated rings. The molecule has 1 aliphatic carbocycles. The predicted octanol–water partition coefficient (Wildman–Crippen LogP) is 4.62. The van der Waals surface area contributed by atoms with Gasteiger partial charge in [-0.2, -0.15) is 0 Å². The van der Waals surface area contributed by atoms with E-state index in [-0.39, 0.29) is 5.38 Å². The molecule has 0 N–H and O–H groups in total. The Balaban J connectivity index is 2.14. The summed E-state index contributed by atoms with van der Waals surface area (Å²) in [5.41, 5.74) is 1.71. The molecule has 3 heteroatoms. The number of allylic oxidation sites excluding steroid dienone is 2. The van der Waals surface area contributed by atoms with Crippen LogP contribution in [0.3, 0.4) is 0 Å². The Labute approximate surface area is 105 Å². The molecule has 0 bridgehead atoms. The first-order chi connectivity index (χ1) is 8.15. The third-order valence-electron chi connectivity index (χ3n) is 3.08. The van der Waals surface area contributed by atoms with Crippen molar-refractivity contribution in [2.75, 3.05) is 0 Å². The van der Waals surface area contributed by atoms with Crippen LogP contribution >= 0.6 is 11.6 Å². The Kier molecular flexibility index (Phi) is 4.16. The Bertz CT molecular complexity index is 426. The minimum atomic E-state index is -0.531. The van der Waals surface area contributed by atoms with Crippen LogP contribution in [-0.4, -0.2) is 5.38 Å². The molecule has 1 aliphatic rings. The average Bonchev–Trinajstić information content (AvgIpc) is 2.47. The van der Waals surface area contributed by atoms with Gasteiger partial charge in [-0.05, 0) is 37.3 Å². The standard InChI is InChI=1S/C14H15ClF2/c15-12-4-2-1-3-10(8-12)7-11-5-6-13(16)9-14(11)17/h5-6,8-9,12H,1-4,7H2. The SMILES string of the molecule is Fc1ccc(CC2=CC(Cl)CCCC2)c(F)c1. The summed E-state index contributed by atoms with van der Waals surface area (Å²) < 4.78 is 26.3. The number of halogens is 3. The van der Waals surface area contributed by atoms with Gasteiger partial charge in [0.15, 0.2) is 0 Å². The molecular formula is C14H15ClF2. The molecule has 0 saturated carbocycles. The fourth-order valence-corrected chi connectivity index (χ4v) is 2.50. The molecule has 1 aromatic rings. The number of hydrogen-bond acceptors (Lipinski definition) is 0. The predicted molar refractivity (Wildman–Crippen MR) is 66.3 cm³/mol. The quantitative estimate of drug-likeness (QED) is 0.535. The fourth-order valence-electron chi connectivity index (χ4n) is 2.17. The highest BCUT2D eigenvalue weighted by molar-refractivity contribution is 6.21. The third-order valence-corrected chi connectivity index (χ3v) is 3.42. The molecular weight excluding hydrogens is 242 g/mol. The molecule has 0 heterocycles. The van der Waals surface area contributed by atoms with Gasteiger partial charge in [0.25, 0.3) is 0 Å². The van der Waals surface area contributed by atoms with Crippen LogP contribution in [0.4, 0.5) is 8.78 Å². The van der Waals surface area contributed by atoms with Crippen molar-refractivity contribution in [3.8, 4) is 0 Å². The van der Waals surface area contributed by atoms with Gasteiger partial charge in [0.05, 0.1) is 5.38 Å². The lowest BCUT2D eigenvalue weighted by Crippen LogP contribution is -1.97. The smallest absolute Gasteiger partial charge is 0.129 e. The first-order valence-electron chi connectivity index (χ1n) is 5.93. The van der Waals surface area contributed by atoms with Crippen molar-refractivity contribution in [1.82, 2.24) is 0 Å². The molecule has 17 heavy (non-hydrogen) atoms. The van der Waals surface area contributed by atoms with Gasteiger partial charge in [0, 0.05) is 6.07 Å². The molecule has 1 aromatic carbocycles. The highest BCUT2D eigenvalue weighted by atomic mass is 35.5. The Morgan fingerprint density at radius 1 is 1.24 bits per heavy atom. The molecule has 0 amide bonds. The molecule has 0 saturated heterocycles. The summed E-state index contributed by atoms with van der Waals surface area (Å²) in [6.45, 7) is 0. The van der Waals surface area contributed by atoms with E-state index in [4.69, 9.17) is 11.6 Å². The maximum atomic E-state index is 13.5. The summed E-state index contributed by atoms with van der Waals surface area (Å²) in [6, 6.07) is 3.75. The number of benzene rings is 1. The molecule has 0 aromatic heterocycles. The van der Waals surface area contributed by atoms with Crippen molar-refractivity contribution in [2.24, 2.45) is 0 Å². The summed E-state index contributed by atoms with van der Waals surface area (Å²) >= 11 is 6.12. The minimum Gasteiger partial charge on any atom is -0.207 e. The lowest BCUT2D eigenvalue weighted by Gasteiger charge is -2.07. The second-order valence-corrected chi connectivity index (χ2v) is 5.06. The van der Waals surface area contributed by atoms with E-state index in [0.717, 1.165) is 37.3 Å². The third kappa shape index (κ3) is 3.53. The van der Waals surface area contributed by atoms with Crippen molar-refractivity contribution in [2.45, 2.75) is 37.5 Å². The zero-order chi connectivity index (χ0) is 12.3. The first kappa shape index (κ1) is 12.6. The zero-order valence-corrected chi connectivity index (χ0v) is 10.3. The molecule has 0 spiro atoms. The summed E-state index contributed by atoms with van der Waals surface area (Å²) in [7, 11) is 0. The van der Waals surface area contributed by atoms with Crippen molar-refractivity contribution in [1.29, 1.82) is 0 Å². The van der Waals surface area contributed by atoms with E-state index in [0.29, 0.717) is 12.0 Å². The Morgan fingerprint density at radius 3 is 2.82 bits per heavy atom. The van der Waals surface area contributed by atoms with E-state index in [1.807, 2.05) is 6.08 Å². The van der Waals surface area contributed by atoms with Crippen molar-refractivity contribution in [3.63, 3.8) is 0 Å². The maximum Gasteiger partial charge on any atom is 0.129 e. The van der Waals surface area contributed by atoms with Crippen LogP contribution < -0.4 is 0 Å². The van der Waals surface area contributed by atoms with Crippen LogP contribution in [0.2, 0.25) is 0 Å². The Morgan fingerprint density at radius 2 is 2.06 bits per heavy atom. The lowest BCUT2D eigenvalue weighted by atomic mass is 10.0. The van der Waals surface area contributed by atoms with Crippen molar-refractivity contribution in [3.05, 3.63) is 47.0 Å². The normalized spacial score (nSPS) is 20.9. The molecule has 0 nitrogen and oxygen atoms in total. The monoisotopic (exact) mass is 256 g/mol. The molecule has 1 atom stereocenters. The molecule has 2 rings (SSSR count). The number of alkyl halides is 1. The molecule has 92 valence electrons. The summed E-state index contributed by atoms with van der Waals surface area (Å²) in [4.78, 5) is 0. The highest BCUT2D eigenvalue weighted by Gasteiger charge is 2.12. The molecule has 0 radical (unpaired) electrons. The van der Waals surface area contributed by atoms with Gasteiger partial charge in [0.1, 0.15) is 11.6 Å². The maximum absolute atomic E-state index is 13.5. The fraction of sp³-hybridized carbons (Fsp3) is 0.429. The highest BCUT2D eigenvalue weighted by Crippen LogP contribution is 2.24. The summed E-state index contributed by atoms with van der Waals surface area (Å²) in [6.07, 6.45) is 6.71. The number of rotatable bonds is 2. The van der Waals surface area contributed by atoms with Crippen LogP contribution in [0.25, 0.3) is 0 Å². The van der Waals surface area contributed by atoms with Crippen LogP contribution in [-0.2, 0) is 6.42 Å². The van der Waals surface area contributed by atoms with E-state index in [9.17, 15) is 8.78 Å². The largest absolute Gasteiger partial charge is 0.207 e. The van der Waals surface area contributed by atoms with Crippen LogP contribution in [0, 0.1) is 11.6 Å². The van der Waals surface area contributed by atoms with Gasteiger partial charge in [-0.1, -0.05) is 24.1 Å². The van der Waals surface area contributed by atoms with E-state index >= 15 is 0 Å². The first-order valence-corrected chi connectivity index (χ1v) is 6.36. The van der Waals surface area contributed by atoms with Crippen molar-refractivity contribution >= 4 is 11.6 Å². The van der Waals surface area contributed by atoms with Gasteiger partial charge < -0.3 is 0 Å². The van der Waals surface area contributed by atoms with Gasteiger partial charge in [-0.3, -0.25) is 0 Å². The van der Waals surface area contributed by atoms with Crippen LogP contribution in [0.1, 0.15) is 31.2 Å². The van der Waals surface area contributed by atoms with Crippen LogP contribution in [0.5, 0.6) is 0 Å². The molecule has 0 aliphatic heterocycles. The van der Waals surface area contributed by atoms with E-state index < -0.39 is 11.6 Å². The van der Waals surface area contributed by atoms with E-state index in [2.05, 4.69) is 0 Å². The van der Waals surface area contributed by atoms with E-state index in [1.54, 1.807) is 0 Å². The second kappa shape index (κ2) is 5.63. The second-order valence-electron chi connectivity index (χ2n) is 4.50. The van der Waals surface area contributed by atoms with Gasteiger partial charge in [0.2, 0.25) is 0 Å². The minimum absolute atomic E-state index is 0.0519. The zero-order valence-electron chi connectivity index (χ0n) is 9.56. The van der Waals surface area contributed by atoms with Gasteiger partial charge in [-0.15, -0.1) is 11.6 Å². The average molecular weight is 257 g/mol. The summed E-state index contributed by atoms with van der Waals surface area (Å²) in [5, 5.41) is 0.0519. The Hall–Kier alpha value is -0.890. The van der Waals surface area contributed by atoms with Gasteiger partial charge >= 0.3 is 0 Å². The number of hydrogen-bond donors (Lipinski definition) is 0. The lowest BCUT2D eigenvalue weighted by molar-refractivity contribution is 0.573. The van der Waals surface area contributed by atoms with Crippen LogP contribution in [0.15, 0.2) is 29.8 Å². The van der Waals surface area contributed by atoms with Gasteiger partial charge in [-0.25, -0.2) is 8.78 Å². The van der Waals surface area contributed by atoms with E-state index in [1.165, 1.54) is 12.1 Å². The molecule has 1 unspecified atom stereocenters. The summed E-state index contributed by atoms with van der Waals surface area (Å²) in [5.74, 6) is -1.00.